The highest BCUT2D eigenvalue weighted by Crippen LogP contribution is 2.40. The predicted octanol–water partition coefficient (Wildman–Crippen LogP) is 7.69. The standard InChI is InChI=1S/C30H39BrN2O3S/c1-6-8-9-10-11-12-16-32(4)19-22-25-24(18-23(31)28(22)34)33(5)27(26(25)30(35)36-7-2)29(37)21-15-13-14-20(3)17-21/h13-15,17-18,34H,6-12,16,19H2,1-5H3. The zero-order valence-corrected chi connectivity index (χ0v) is 25.1. The minimum Gasteiger partial charge on any atom is -0.506 e. The maximum Gasteiger partial charge on any atom is 0.341 e. The Morgan fingerprint density at radius 2 is 1.84 bits per heavy atom. The molecule has 0 spiro atoms. The summed E-state index contributed by atoms with van der Waals surface area (Å²) in [5.41, 5.74) is 4.53. The van der Waals surface area contributed by atoms with Crippen molar-refractivity contribution < 1.29 is 14.6 Å². The van der Waals surface area contributed by atoms with Crippen LogP contribution in [-0.2, 0) is 18.3 Å². The highest BCUT2D eigenvalue weighted by Gasteiger charge is 2.29. The van der Waals surface area contributed by atoms with E-state index in [0.29, 0.717) is 38.1 Å². The van der Waals surface area contributed by atoms with E-state index in [-0.39, 0.29) is 12.4 Å². The Bertz CT molecular complexity index is 1270. The molecule has 0 aliphatic carbocycles. The van der Waals surface area contributed by atoms with E-state index in [1.54, 1.807) is 6.92 Å². The number of fused-ring (bicyclic) bond motifs is 1. The SMILES string of the molecule is CCCCCCCCN(C)Cc1c(O)c(Br)cc2c1c(C(=O)OCC)c(C(=S)c1cccc(C)c1)n2C. The number of aromatic nitrogens is 1. The average Bonchev–Trinajstić information content (AvgIpc) is 3.15. The summed E-state index contributed by atoms with van der Waals surface area (Å²) in [7, 11) is 3.97. The first-order valence-corrected chi connectivity index (χ1v) is 14.4. The molecule has 0 aliphatic heterocycles. The first-order valence-electron chi connectivity index (χ1n) is 13.2. The first-order chi connectivity index (χ1) is 17.7. The van der Waals surface area contributed by atoms with Crippen molar-refractivity contribution in [2.24, 2.45) is 7.05 Å². The van der Waals surface area contributed by atoms with E-state index in [0.717, 1.165) is 29.6 Å². The first kappa shape index (κ1) is 29.3. The van der Waals surface area contributed by atoms with Gasteiger partial charge in [0.05, 0.1) is 32.7 Å². The molecule has 0 aliphatic rings. The van der Waals surface area contributed by atoms with E-state index < -0.39 is 5.97 Å². The van der Waals surface area contributed by atoms with Gasteiger partial charge in [0, 0.05) is 24.5 Å². The molecule has 0 saturated heterocycles. The minimum atomic E-state index is -0.431. The van der Waals surface area contributed by atoms with Crippen molar-refractivity contribution in [3.63, 3.8) is 0 Å². The second kappa shape index (κ2) is 13.5. The Morgan fingerprint density at radius 1 is 1.14 bits per heavy atom. The molecule has 0 saturated carbocycles. The molecule has 0 fully saturated rings. The van der Waals surface area contributed by atoms with Gasteiger partial charge < -0.3 is 19.3 Å². The Balaban J connectivity index is 2.08. The summed E-state index contributed by atoms with van der Waals surface area (Å²) < 4.78 is 8.06. The smallest absolute Gasteiger partial charge is 0.341 e. The van der Waals surface area contributed by atoms with Crippen molar-refractivity contribution >= 4 is 49.9 Å². The number of esters is 1. The van der Waals surface area contributed by atoms with Crippen LogP contribution in [0.4, 0.5) is 0 Å². The third-order valence-corrected chi connectivity index (χ3v) is 7.85. The van der Waals surface area contributed by atoms with Crippen LogP contribution in [0.15, 0.2) is 34.8 Å². The fourth-order valence-corrected chi connectivity index (χ4v) is 5.71. The quantitative estimate of drug-likeness (QED) is 0.0962. The van der Waals surface area contributed by atoms with E-state index in [1.165, 1.54) is 32.1 Å². The fourth-order valence-electron chi connectivity index (χ4n) is 4.88. The van der Waals surface area contributed by atoms with Gasteiger partial charge in [-0.1, -0.05) is 81.1 Å². The molecule has 1 N–H and O–H groups in total. The van der Waals surface area contributed by atoms with Crippen LogP contribution in [0.3, 0.4) is 0 Å². The second-order valence-electron chi connectivity index (χ2n) is 9.79. The van der Waals surface area contributed by atoms with E-state index >= 15 is 0 Å². The molecule has 1 aromatic heterocycles. The van der Waals surface area contributed by atoms with E-state index in [2.05, 4.69) is 34.8 Å². The lowest BCUT2D eigenvalue weighted by molar-refractivity contribution is 0.0528. The predicted molar refractivity (Wildman–Crippen MR) is 160 cm³/mol. The second-order valence-corrected chi connectivity index (χ2v) is 11.0. The Labute approximate surface area is 234 Å². The monoisotopic (exact) mass is 586 g/mol. The van der Waals surface area contributed by atoms with Gasteiger partial charge in [-0.05, 0) is 61.4 Å². The molecule has 3 rings (SSSR count). The summed E-state index contributed by atoms with van der Waals surface area (Å²) in [5, 5.41) is 11.9. The van der Waals surface area contributed by atoms with Gasteiger partial charge in [0.25, 0.3) is 0 Å². The highest BCUT2D eigenvalue weighted by molar-refractivity contribution is 9.10. The Kier molecular flexibility index (Phi) is 10.7. The van der Waals surface area contributed by atoms with Crippen LogP contribution < -0.4 is 0 Å². The normalized spacial score (nSPS) is 11.4. The lowest BCUT2D eigenvalue weighted by Crippen LogP contribution is -2.20. The van der Waals surface area contributed by atoms with E-state index in [1.807, 2.05) is 48.9 Å². The molecule has 37 heavy (non-hydrogen) atoms. The summed E-state index contributed by atoms with van der Waals surface area (Å²) in [5.74, 6) is -0.286. The van der Waals surface area contributed by atoms with Gasteiger partial charge >= 0.3 is 5.97 Å². The molecule has 3 aromatic rings. The molecule has 0 unspecified atom stereocenters. The number of phenolic OH excluding ortho intramolecular Hbond substituents is 1. The molecule has 0 bridgehead atoms. The summed E-state index contributed by atoms with van der Waals surface area (Å²) in [6.07, 6.45) is 7.35. The maximum absolute atomic E-state index is 13.4. The number of unbranched alkanes of at least 4 members (excludes halogenated alkanes) is 5. The summed E-state index contributed by atoms with van der Waals surface area (Å²) in [6, 6.07) is 9.83. The molecule has 200 valence electrons. The highest BCUT2D eigenvalue weighted by atomic mass is 79.9. The number of halogens is 1. The van der Waals surface area contributed by atoms with Crippen LogP contribution in [0, 0.1) is 6.92 Å². The molecule has 0 radical (unpaired) electrons. The number of benzene rings is 2. The largest absolute Gasteiger partial charge is 0.506 e. The number of carbonyl (C=O) groups excluding carboxylic acids is 1. The van der Waals surface area contributed by atoms with Crippen LogP contribution in [0.25, 0.3) is 10.9 Å². The molecule has 1 heterocycles. The topological polar surface area (TPSA) is 54.7 Å². The number of hydrogen-bond donors (Lipinski definition) is 1. The molecular weight excluding hydrogens is 548 g/mol. The number of carbonyl (C=O) groups is 1. The van der Waals surface area contributed by atoms with Crippen molar-refractivity contribution in [3.05, 3.63) is 62.8 Å². The maximum atomic E-state index is 13.4. The van der Waals surface area contributed by atoms with Crippen LogP contribution in [0.1, 0.15) is 85.1 Å². The van der Waals surface area contributed by atoms with Crippen molar-refractivity contribution in [1.29, 1.82) is 0 Å². The number of phenols is 1. The molecular formula is C30H39BrN2O3S. The molecule has 5 nitrogen and oxygen atoms in total. The van der Waals surface area contributed by atoms with Gasteiger partial charge in [0.2, 0.25) is 0 Å². The van der Waals surface area contributed by atoms with Crippen molar-refractivity contribution in [2.75, 3.05) is 20.2 Å². The lowest BCUT2D eigenvalue weighted by Gasteiger charge is -2.19. The van der Waals surface area contributed by atoms with Gasteiger partial charge in [-0.15, -0.1) is 0 Å². The summed E-state index contributed by atoms with van der Waals surface area (Å²) in [6.45, 7) is 7.71. The molecule has 2 aromatic carbocycles. The fraction of sp³-hybridized carbons (Fsp3) is 0.467. The van der Waals surface area contributed by atoms with Crippen molar-refractivity contribution in [2.45, 2.75) is 65.8 Å². The van der Waals surface area contributed by atoms with Gasteiger partial charge in [-0.25, -0.2) is 4.79 Å². The van der Waals surface area contributed by atoms with Crippen molar-refractivity contribution in [1.82, 2.24) is 9.47 Å². The Morgan fingerprint density at radius 3 is 2.51 bits per heavy atom. The number of aryl methyl sites for hydroxylation is 2. The van der Waals surface area contributed by atoms with Crippen LogP contribution in [0.5, 0.6) is 5.75 Å². The van der Waals surface area contributed by atoms with Gasteiger partial charge in [-0.2, -0.15) is 0 Å². The van der Waals surface area contributed by atoms with Gasteiger partial charge in [0.1, 0.15) is 5.75 Å². The van der Waals surface area contributed by atoms with E-state index in [9.17, 15) is 9.90 Å². The number of nitrogens with zero attached hydrogens (tertiary/aromatic N) is 2. The third-order valence-electron chi connectivity index (χ3n) is 6.81. The number of aromatic hydroxyl groups is 1. The molecule has 7 heteroatoms. The van der Waals surface area contributed by atoms with Crippen LogP contribution in [-0.4, -0.2) is 45.6 Å². The molecule has 0 atom stereocenters. The average molecular weight is 588 g/mol. The summed E-state index contributed by atoms with van der Waals surface area (Å²) in [4.78, 5) is 16.2. The number of thiocarbonyl (C=S) groups is 1. The minimum absolute atomic E-state index is 0.145. The molecule has 0 amide bonds. The van der Waals surface area contributed by atoms with Crippen molar-refractivity contribution in [3.8, 4) is 5.75 Å². The number of ether oxygens (including phenoxy) is 1. The van der Waals surface area contributed by atoms with Crippen LogP contribution >= 0.6 is 28.1 Å². The Hall–Kier alpha value is -2.22. The summed E-state index contributed by atoms with van der Waals surface area (Å²) >= 11 is 9.49. The van der Waals surface area contributed by atoms with Crippen LogP contribution in [0.2, 0.25) is 0 Å². The number of hydrogen-bond acceptors (Lipinski definition) is 5. The lowest BCUT2D eigenvalue weighted by atomic mass is 9.99. The van der Waals surface area contributed by atoms with E-state index in [4.69, 9.17) is 17.0 Å². The number of rotatable bonds is 13. The zero-order valence-electron chi connectivity index (χ0n) is 22.7. The van der Waals surface area contributed by atoms with Gasteiger partial charge in [0.15, 0.2) is 0 Å². The zero-order chi connectivity index (χ0) is 27.1. The van der Waals surface area contributed by atoms with Gasteiger partial charge in [-0.3, -0.25) is 0 Å². The third kappa shape index (κ3) is 6.81.